The number of amides is 1. The molecule has 1 amide bonds. The molecule has 1 aliphatic rings. The smallest absolute Gasteiger partial charge is 0.326 e. The topological polar surface area (TPSA) is 70.1 Å². The van der Waals surface area contributed by atoms with Gasteiger partial charge in [-0.3, -0.25) is 14.3 Å². The normalized spacial score (nSPS) is 17.7. The summed E-state index contributed by atoms with van der Waals surface area (Å²) in [7, 11) is 0. The van der Waals surface area contributed by atoms with E-state index in [0.29, 0.717) is 5.92 Å². The highest BCUT2D eigenvalue weighted by Crippen LogP contribution is 2.25. The summed E-state index contributed by atoms with van der Waals surface area (Å²) in [6, 6.07) is 7.89. The zero-order chi connectivity index (χ0) is 18.7. The van der Waals surface area contributed by atoms with Gasteiger partial charge in [0, 0.05) is 25.7 Å². The van der Waals surface area contributed by atoms with Crippen LogP contribution < -0.4 is 11.0 Å². The minimum absolute atomic E-state index is 0.0378. The Kier molecular flexibility index (Phi) is 5.81. The van der Waals surface area contributed by atoms with E-state index in [1.807, 2.05) is 35.8 Å². The number of aromatic nitrogens is 2. The van der Waals surface area contributed by atoms with Crippen molar-refractivity contribution in [1.29, 1.82) is 0 Å². The number of piperidine rings is 1. The predicted molar refractivity (Wildman–Crippen MR) is 104 cm³/mol. The van der Waals surface area contributed by atoms with Crippen LogP contribution in [-0.2, 0) is 4.79 Å². The van der Waals surface area contributed by atoms with Crippen molar-refractivity contribution in [3.63, 3.8) is 0 Å². The van der Waals surface area contributed by atoms with Crippen LogP contribution in [0.2, 0.25) is 0 Å². The van der Waals surface area contributed by atoms with E-state index in [1.165, 1.54) is 0 Å². The number of likely N-dealkylation sites (tertiary alicyclic amines) is 1. The average molecular weight is 358 g/mol. The second-order valence-corrected chi connectivity index (χ2v) is 7.73. The van der Waals surface area contributed by atoms with Crippen molar-refractivity contribution < 1.29 is 4.79 Å². The van der Waals surface area contributed by atoms with Crippen molar-refractivity contribution in [3.05, 3.63) is 34.7 Å². The zero-order valence-electron chi connectivity index (χ0n) is 16.0. The molecule has 3 rings (SSSR count). The van der Waals surface area contributed by atoms with E-state index in [4.69, 9.17) is 0 Å². The first-order chi connectivity index (χ1) is 12.5. The molecule has 1 unspecified atom stereocenters. The molecule has 1 aromatic carbocycles. The van der Waals surface area contributed by atoms with Gasteiger partial charge < -0.3 is 10.3 Å². The molecule has 1 fully saturated rings. The number of nitrogens with one attached hydrogen (secondary N) is 2. The van der Waals surface area contributed by atoms with E-state index in [2.05, 4.69) is 29.0 Å². The van der Waals surface area contributed by atoms with E-state index >= 15 is 0 Å². The number of carbonyl (C=O) groups is 1. The maximum Gasteiger partial charge on any atom is 0.326 e. The predicted octanol–water partition coefficient (Wildman–Crippen LogP) is 2.52. The molecule has 0 saturated carbocycles. The third-order valence-electron chi connectivity index (χ3n) is 5.44. The number of imidazole rings is 1. The molecule has 1 saturated heterocycles. The maximum atomic E-state index is 12.4. The van der Waals surface area contributed by atoms with Crippen LogP contribution in [0, 0.1) is 5.92 Å². The number of hydrogen-bond donors (Lipinski definition) is 2. The summed E-state index contributed by atoms with van der Waals surface area (Å²) in [6.07, 6.45) is 2.76. The molecule has 2 aromatic rings. The Bertz CT molecular complexity index is 799. The van der Waals surface area contributed by atoms with Crippen LogP contribution in [0.5, 0.6) is 0 Å². The van der Waals surface area contributed by atoms with Crippen LogP contribution in [0.4, 0.5) is 0 Å². The summed E-state index contributed by atoms with van der Waals surface area (Å²) in [5.74, 6) is 0.698. The highest BCUT2D eigenvalue weighted by molar-refractivity contribution is 5.81. The van der Waals surface area contributed by atoms with Gasteiger partial charge in [-0.1, -0.05) is 26.0 Å². The number of aromatic amines is 1. The SMILES string of the molecule is CC(C)CCNC(=O)C(C)N1CCC(n2c(=O)[nH]c3ccccc32)CC1. The van der Waals surface area contributed by atoms with Gasteiger partial charge in [-0.05, 0) is 44.2 Å². The first-order valence-corrected chi connectivity index (χ1v) is 9.68. The summed E-state index contributed by atoms with van der Waals surface area (Å²) in [4.78, 5) is 29.9. The number of benzene rings is 1. The van der Waals surface area contributed by atoms with Gasteiger partial charge in [-0.15, -0.1) is 0 Å². The molecule has 26 heavy (non-hydrogen) atoms. The highest BCUT2D eigenvalue weighted by Gasteiger charge is 2.28. The fourth-order valence-electron chi connectivity index (χ4n) is 3.77. The molecule has 0 radical (unpaired) electrons. The number of H-pyrrole nitrogens is 1. The van der Waals surface area contributed by atoms with Crippen LogP contribution >= 0.6 is 0 Å². The molecule has 2 N–H and O–H groups in total. The molecule has 0 bridgehead atoms. The lowest BCUT2D eigenvalue weighted by Crippen LogP contribution is -2.49. The van der Waals surface area contributed by atoms with E-state index < -0.39 is 0 Å². The van der Waals surface area contributed by atoms with Crippen LogP contribution in [0.3, 0.4) is 0 Å². The van der Waals surface area contributed by atoms with E-state index in [1.54, 1.807) is 0 Å². The highest BCUT2D eigenvalue weighted by atomic mass is 16.2. The minimum Gasteiger partial charge on any atom is -0.355 e. The monoisotopic (exact) mass is 358 g/mol. The molecule has 1 aliphatic heterocycles. The molecule has 1 atom stereocenters. The van der Waals surface area contributed by atoms with Crippen LogP contribution in [0.1, 0.15) is 46.1 Å². The lowest BCUT2D eigenvalue weighted by atomic mass is 10.0. The number of para-hydroxylation sites is 2. The Labute approximate surface area is 154 Å². The Hall–Kier alpha value is -2.08. The minimum atomic E-state index is -0.122. The average Bonchev–Trinajstić information content (AvgIpc) is 2.96. The zero-order valence-corrected chi connectivity index (χ0v) is 16.0. The van der Waals surface area contributed by atoms with Crippen molar-refractivity contribution in [3.8, 4) is 0 Å². The first-order valence-electron chi connectivity index (χ1n) is 9.68. The second-order valence-electron chi connectivity index (χ2n) is 7.73. The van der Waals surface area contributed by atoms with E-state index in [9.17, 15) is 9.59 Å². The summed E-state index contributed by atoms with van der Waals surface area (Å²) >= 11 is 0. The summed E-state index contributed by atoms with van der Waals surface area (Å²) < 4.78 is 1.89. The fourth-order valence-corrected chi connectivity index (χ4v) is 3.77. The van der Waals surface area contributed by atoms with E-state index in [0.717, 1.165) is 49.9 Å². The van der Waals surface area contributed by atoms with Gasteiger partial charge >= 0.3 is 5.69 Å². The summed E-state index contributed by atoms with van der Waals surface area (Å²) in [6.45, 7) is 8.69. The number of hydrogen-bond acceptors (Lipinski definition) is 3. The van der Waals surface area contributed by atoms with Crippen molar-refractivity contribution in [1.82, 2.24) is 19.8 Å². The maximum absolute atomic E-state index is 12.4. The molecule has 142 valence electrons. The van der Waals surface area contributed by atoms with E-state index in [-0.39, 0.29) is 23.7 Å². The second kappa shape index (κ2) is 8.08. The number of carbonyl (C=O) groups excluding carboxylic acids is 1. The third-order valence-corrected chi connectivity index (χ3v) is 5.44. The Morgan fingerprint density at radius 1 is 1.23 bits per heavy atom. The van der Waals surface area contributed by atoms with Crippen LogP contribution in [0.15, 0.2) is 29.1 Å². The standard InChI is InChI=1S/C20H30N4O2/c1-14(2)8-11-21-19(25)15(3)23-12-9-16(10-13-23)24-18-7-5-4-6-17(18)22-20(24)26/h4-7,14-16H,8-13H2,1-3H3,(H,21,25)(H,22,26). The van der Waals surface area contributed by atoms with Crippen molar-refractivity contribution in [2.24, 2.45) is 5.92 Å². The van der Waals surface area contributed by atoms with Crippen LogP contribution in [-0.4, -0.2) is 46.0 Å². The number of nitrogens with zero attached hydrogens (tertiary/aromatic N) is 2. The van der Waals surface area contributed by atoms with Gasteiger partial charge in [0.15, 0.2) is 0 Å². The molecule has 0 aliphatic carbocycles. The quantitative estimate of drug-likeness (QED) is 0.834. The number of rotatable bonds is 6. The molecule has 2 heterocycles. The van der Waals surface area contributed by atoms with Crippen molar-refractivity contribution in [2.75, 3.05) is 19.6 Å². The van der Waals surface area contributed by atoms with Crippen molar-refractivity contribution in [2.45, 2.75) is 52.1 Å². The first kappa shape index (κ1) is 18.7. The molecule has 0 spiro atoms. The Morgan fingerprint density at radius 2 is 1.92 bits per heavy atom. The van der Waals surface area contributed by atoms with Gasteiger partial charge in [-0.2, -0.15) is 0 Å². The van der Waals surface area contributed by atoms with Gasteiger partial charge in [0.05, 0.1) is 17.1 Å². The van der Waals surface area contributed by atoms with Gasteiger partial charge in [0.1, 0.15) is 0 Å². The molecule has 6 heteroatoms. The lowest BCUT2D eigenvalue weighted by Gasteiger charge is -2.35. The fraction of sp³-hybridized carbons (Fsp3) is 0.600. The largest absolute Gasteiger partial charge is 0.355 e. The van der Waals surface area contributed by atoms with Gasteiger partial charge in [0.25, 0.3) is 0 Å². The Balaban J connectivity index is 1.59. The molecule has 1 aromatic heterocycles. The van der Waals surface area contributed by atoms with Gasteiger partial charge in [-0.25, -0.2) is 4.79 Å². The molecule has 6 nitrogen and oxygen atoms in total. The third kappa shape index (κ3) is 4.01. The lowest BCUT2D eigenvalue weighted by molar-refractivity contribution is -0.126. The van der Waals surface area contributed by atoms with Crippen molar-refractivity contribution >= 4 is 16.9 Å². The summed E-state index contributed by atoms with van der Waals surface area (Å²) in [5.41, 5.74) is 1.82. The molecular formula is C20H30N4O2. The summed E-state index contributed by atoms with van der Waals surface area (Å²) in [5, 5.41) is 3.04. The number of fused-ring (bicyclic) bond motifs is 1. The molecular weight excluding hydrogens is 328 g/mol. The van der Waals surface area contributed by atoms with Gasteiger partial charge in [0.2, 0.25) is 5.91 Å². The Morgan fingerprint density at radius 3 is 2.62 bits per heavy atom. The van der Waals surface area contributed by atoms with Crippen LogP contribution in [0.25, 0.3) is 11.0 Å².